The molecule has 2 rings (SSSR count). The van der Waals surface area contributed by atoms with Gasteiger partial charge in [-0.2, -0.15) is 0 Å². The number of H-pyrrole nitrogens is 1. The second kappa shape index (κ2) is 6.24. The quantitative estimate of drug-likeness (QED) is 0.912. The average molecular weight is 280 g/mol. The van der Waals surface area contributed by atoms with Gasteiger partial charge in [0.15, 0.2) is 6.61 Å². The number of likely N-dealkylation sites (N-methyl/N-ethyl adjacent to an activating group) is 1. The first-order valence-corrected chi connectivity index (χ1v) is 6.14. The Labute approximate surface area is 116 Å². The largest absolute Gasteiger partial charge is 0.482 e. The fourth-order valence-corrected chi connectivity index (χ4v) is 1.70. The van der Waals surface area contributed by atoms with Crippen molar-refractivity contribution in [3.05, 3.63) is 47.5 Å². The van der Waals surface area contributed by atoms with Gasteiger partial charge in [-0.25, -0.2) is 4.98 Å². The minimum atomic E-state index is -0.142. The monoisotopic (exact) mass is 279 g/mol. The zero-order valence-electron chi connectivity index (χ0n) is 10.5. The Morgan fingerprint density at radius 2 is 2.26 bits per heavy atom. The molecule has 0 aliphatic rings. The van der Waals surface area contributed by atoms with Gasteiger partial charge in [-0.15, -0.1) is 0 Å². The lowest BCUT2D eigenvalue weighted by atomic mass is 10.3. The summed E-state index contributed by atoms with van der Waals surface area (Å²) in [5.74, 6) is 1.09. The number of halogens is 1. The van der Waals surface area contributed by atoms with Gasteiger partial charge in [0.1, 0.15) is 11.6 Å². The number of carbonyl (C=O) groups excluding carboxylic acids is 1. The number of ether oxygens (including phenoxy) is 1. The number of aromatic nitrogens is 2. The maximum Gasteiger partial charge on any atom is 0.260 e. The number of hydrogen-bond acceptors (Lipinski definition) is 3. The van der Waals surface area contributed by atoms with Gasteiger partial charge in [0.2, 0.25) is 0 Å². The predicted octanol–water partition coefficient (Wildman–Crippen LogP) is 2.10. The Morgan fingerprint density at radius 3 is 2.95 bits per heavy atom. The van der Waals surface area contributed by atoms with Crippen LogP contribution in [0.4, 0.5) is 0 Å². The highest BCUT2D eigenvalue weighted by Gasteiger charge is 2.12. The Morgan fingerprint density at radius 1 is 1.47 bits per heavy atom. The van der Waals surface area contributed by atoms with Crippen LogP contribution in [0, 0.1) is 0 Å². The standard InChI is InChI=1S/C13H14ClN3O2/c1-17(8-12-15-6-7-16-12)13(18)9-19-11-5-3-2-4-10(11)14/h2-7H,8-9H2,1H3,(H,15,16). The van der Waals surface area contributed by atoms with Gasteiger partial charge in [0, 0.05) is 19.4 Å². The number of imidazole rings is 1. The molecule has 100 valence electrons. The van der Waals surface area contributed by atoms with E-state index in [1.807, 2.05) is 0 Å². The van der Waals surface area contributed by atoms with Gasteiger partial charge in [-0.1, -0.05) is 23.7 Å². The predicted molar refractivity (Wildman–Crippen MR) is 72.0 cm³/mol. The number of hydrogen-bond donors (Lipinski definition) is 1. The van der Waals surface area contributed by atoms with Crippen molar-refractivity contribution in [1.82, 2.24) is 14.9 Å². The fraction of sp³-hybridized carbons (Fsp3) is 0.231. The van der Waals surface area contributed by atoms with Gasteiger partial charge in [0.05, 0.1) is 11.6 Å². The van der Waals surface area contributed by atoms with Crippen molar-refractivity contribution in [2.45, 2.75) is 6.54 Å². The number of carbonyl (C=O) groups is 1. The molecule has 0 saturated heterocycles. The number of rotatable bonds is 5. The van der Waals surface area contributed by atoms with Crippen LogP contribution >= 0.6 is 11.6 Å². The fourth-order valence-electron chi connectivity index (χ4n) is 1.51. The molecule has 0 fully saturated rings. The molecule has 1 aromatic carbocycles. The molecule has 0 aliphatic heterocycles. The van der Waals surface area contributed by atoms with E-state index in [0.717, 1.165) is 5.82 Å². The highest BCUT2D eigenvalue weighted by molar-refractivity contribution is 6.32. The summed E-state index contributed by atoms with van der Waals surface area (Å²) in [6.45, 7) is 0.360. The summed E-state index contributed by atoms with van der Waals surface area (Å²) >= 11 is 5.94. The number of benzene rings is 1. The van der Waals surface area contributed by atoms with Crippen LogP contribution in [0.1, 0.15) is 5.82 Å². The molecule has 0 atom stereocenters. The Bertz CT molecular complexity index is 543. The zero-order chi connectivity index (χ0) is 13.7. The van der Waals surface area contributed by atoms with Crippen LogP contribution in [0.5, 0.6) is 5.75 Å². The first-order valence-electron chi connectivity index (χ1n) is 5.76. The molecule has 0 bridgehead atoms. The third-order valence-electron chi connectivity index (χ3n) is 2.56. The molecule has 1 amide bonds. The van der Waals surface area contributed by atoms with E-state index in [0.29, 0.717) is 17.3 Å². The lowest BCUT2D eigenvalue weighted by Crippen LogP contribution is -2.31. The van der Waals surface area contributed by atoms with E-state index < -0.39 is 0 Å². The lowest BCUT2D eigenvalue weighted by Gasteiger charge is -2.16. The lowest BCUT2D eigenvalue weighted by molar-refractivity contribution is -0.132. The van der Waals surface area contributed by atoms with Gasteiger partial charge in [-0.3, -0.25) is 4.79 Å². The van der Waals surface area contributed by atoms with E-state index >= 15 is 0 Å². The summed E-state index contributed by atoms with van der Waals surface area (Å²) in [4.78, 5) is 20.4. The maximum absolute atomic E-state index is 11.9. The second-order valence-corrected chi connectivity index (χ2v) is 4.41. The molecule has 0 spiro atoms. The SMILES string of the molecule is CN(Cc1ncc[nH]1)C(=O)COc1ccccc1Cl. The number of nitrogens with one attached hydrogen (secondary N) is 1. The highest BCUT2D eigenvalue weighted by Crippen LogP contribution is 2.22. The van der Waals surface area contributed by atoms with Crippen molar-refractivity contribution in [3.63, 3.8) is 0 Å². The summed E-state index contributed by atoms with van der Waals surface area (Å²) in [6.07, 6.45) is 3.36. The van der Waals surface area contributed by atoms with Crippen LogP contribution in [0.25, 0.3) is 0 Å². The minimum Gasteiger partial charge on any atom is -0.482 e. The highest BCUT2D eigenvalue weighted by atomic mass is 35.5. The molecule has 2 aromatic rings. The van der Waals surface area contributed by atoms with Crippen molar-refractivity contribution < 1.29 is 9.53 Å². The van der Waals surface area contributed by atoms with E-state index in [2.05, 4.69) is 9.97 Å². The summed E-state index contributed by atoms with van der Waals surface area (Å²) in [7, 11) is 1.70. The molecule has 5 nitrogen and oxygen atoms in total. The Hall–Kier alpha value is -2.01. The molecule has 0 aliphatic carbocycles. The van der Waals surface area contributed by atoms with Crippen LogP contribution in [0.3, 0.4) is 0 Å². The second-order valence-electron chi connectivity index (χ2n) is 4.00. The summed E-state index contributed by atoms with van der Waals surface area (Å²) in [6, 6.07) is 7.05. The molecular formula is C13H14ClN3O2. The topological polar surface area (TPSA) is 58.2 Å². The third-order valence-corrected chi connectivity index (χ3v) is 2.87. The van der Waals surface area contributed by atoms with E-state index in [1.165, 1.54) is 4.90 Å². The molecule has 6 heteroatoms. The first kappa shape index (κ1) is 13.4. The maximum atomic E-state index is 11.9. The van der Waals surface area contributed by atoms with E-state index in [9.17, 15) is 4.79 Å². The molecule has 19 heavy (non-hydrogen) atoms. The molecular weight excluding hydrogens is 266 g/mol. The number of aromatic amines is 1. The number of amides is 1. The molecule has 0 saturated carbocycles. The van der Waals surface area contributed by atoms with Crippen LogP contribution < -0.4 is 4.74 Å². The molecule has 1 aromatic heterocycles. The molecule has 0 unspecified atom stereocenters. The number of nitrogens with zero attached hydrogens (tertiary/aromatic N) is 2. The van der Waals surface area contributed by atoms with Crippen molar-refractivity contribution in [1.29, 1.82) is 0 Å². The molecule has 0 radical (unpaired) electrons. The summed E-state index contributed by atoms with van der Waals surface area (Å²) in [5.41, 5.74) is 0. The minimum absolute atomic E-state index is 0.0546. The van der Waals surface area contributed by atoms with E-state index in [4.69, 9.17) is 16.3 Å². The van der Waals surface area contributed by atoms with Crippen LogP contribution in [-0.2, 0) is 11.3 Å². The van der Waals surface area contributed by atoms with Crippen LogP contribution in [-0.4, -0.2) is 34.4 Å². The summed E-state index contributed by atoms with van der Waals surface area (Å²) in [5, 5.41) is 0.490. The van der Waals surface area contributed by atoms with Crippen molar-refractivity contribution in [2.75, 3.05) is 13.7 Å². The van der Waals surface area contributed by atoms with E-state index in [-0.39, 0.29) is 12.5 Å². The Kier molecular flexibility index (Phi) is 4.41. The van der Waals surface area contributed by atoms with Crippen LogP contribution in [0.2, 0.25) is 5.02 Å². The third kappa shape index (κ3) is 3.72. The first-order chi connectivity index (χ1) is 9.16. The van der Waals surface area contributed by atoms with Crippen molar-refractivity contribution >= 4 is 17.5 Å². The Balaban J connectivity index is 1.86. The van der Waals surface area contributed by atoms with Gasteiger partial charge in [0.25, 0.3) is 5.91 Å². The molecule has 1 heterocycles. The smallest absolute Gasteiger partial charge is 0.260 e. The van der Waals surface area contributed by atoms with Gasteiger partial charge >= 0.3 is 0 Å². The van der Waals surface area contributed by atoms with Gasteiger partial charge in [-0.05, 0) is 12.1 Å². The van der Waals surface area contributed by atoms with E-state index in [1.54, 1.807) is 43.7 Å². The van der Waals surface area contributed by atoms with Crippen molar-refractivity contribution in [2.24, 2.45) is 0 Å². The van der Waals surface area contributed by atoms with Crippen molar-refractivity contribution in [3.8, 4) is 5.75 Å². The normalized spacial score (nSPS) is 10.2. The number of para-hydroxylation sites is 1. The average Bonchev–Trinajstić information content (AvgIpc) is 2.90. The van der Waals surface area contributed by atoms with Crippen LogP contribution in [0.15, 0.2) is 36.7 Å². The zero-order valence-corrected chi connectivity index (χ0v) is 11.2. The summed E-state index contributed by atoms with van der Waals surface area (Å²) < 4.78 is 5.39. The van der Waals surface area contributed by atoms with Gasteiger partial charge < -0.3 is 14.6 Å². The molecule has 1 N–H and O–H groups in total.